The maximum absolute atomic E-state index is 9.96. The van der Waals surface area contributed by atoms with Gasteiger partial charge in [0.1, 0.15) is 0 Å². The van der Waals surface area contributed by atoms with Crippen molar-refractivity contribution < 1.29 is 19.1 Å². The Balaban J connectivity index is 0. The molecular weight excluding hydrogens is 148 g/mol. The number of carbonyl (C=O) groups excluding carboxylic acids is 2. The molecule has 0 spiro atoms. The lowest BCUT2D eigenvalue weighted by Crippen LogP contribution is -1.94. The van der Waals surface area contributed by atoms with Crippen molar-refractivity contribution in [3.63, 3.8) is 0 Å². The minimum atomic E-state index is -0.245. The standard InChI is InChI=1S/C4H8O2.C3H6O2/c1-3-4(5)6-2;1-3(4)5-2/h3H2,1-2H3;1-2H3. The van der Waals surface area contributed by atoms with Gasteiger partial charge in [0.25, 0.3) is 0 Å². The van der Waals surface area contributed by atoms with Gasteiger partial charge in [0, 0.05) is 13.3 Å². The molecule has 0 aliphatic rings. The van der Waals surface area contributed by atoms with Crippen LogP contribution in [0.25, 0.3) is 0 Å². The predicted octanol–water partition coefficient (Wildman–Crippen LogP) is 0.749. The summed E-state index contributed by atoms with van der Waals surface area (Å²) in [4.78, 5) is 19.5. The van der Waals surface area contributed by atoms with E-state index in [0.717, 1.165) is 0 Å². The molecule has 0 N–H and O–H groups in total. The normalized spacial score (nSPS) is 7.27. The Morgan fingerprint density at radius 3 is 1.55 bits per heavy atom. The molecule has 0 bridgehead atoms. The zero-order chi connectivity index (χ0) is 9.28. The quantitative estimate of drug-likeness (QED) is 0.534. The molecule has 11 heavy (non-hydrogen) atoms. The summed E-state index contributed by atoms with van der Waals surface area (Å²) >= 11 is 0. The molecular formula is C7H14O4. The summed E-state index contributed by atoms with van der Waals surface area (Å²) < 4.78 is 8.37. The van der Waals surface area contributed by atoms with Gasteiger partial charge in [-0.05, 0) is 0 Å². The van der Waals surface area contributed by atoms with Crippen molar-refractivity contribution in [1.82, 2.24) is 0 Å². The topological polar surface area (TPSA) is 52.6 Å². The van der Waals surface area contributed by atoms with Gasteiger partial charge in [-0.3, -0.25) is 9.59 Å². The highest BCUT2D eigenvalue weighted by Gasteiger charge is 1.87. The van der Waals surface area contributed by atoms with Crippen molar-refractivity contribution in [2.75, 3.05) is 14.2 Å². The summed E-state index contributed by atoms with van der Waals surface area (Å²) in [6.45, 7) is 3.12. The van der Waals surface area contributed by atoms with Crippen molar-refractivity contribution in [2.45, 2.75) is 20.3 Å². The summed E-state index contributed by atoms with van der Waals surface area (Å²) in [7, 11) is 2.73. The first kappa shape index (κ1) is 12.6. The minimum Gasteiger partial charge on any atom is -0.469 e. The van der Waals surface area contributed by atoms with Crippen LogP contribution in [0, 0.1) is 0 Å². The molecule has 0 unspecified atom stereocenters. The van der Waals surface area contributed by atoms with Crippen LogP contribution in [0.2, 0.25) is 0 Å². The van der Waals surface area contributed by atoms with Crippen LogP contribution in [-0.4, -0.2) is 26.2 Å². The van der Waals surface area contributed by atoms with Crippen LogP contribution >= 0.6 is 0 Å². The van der Waals surface area contributed by atoms with Crippen LogP contribution in [0.1, 0.15) is 20.3 Å². The zero-order valence-electron chi connectivity index (χ0n) is 7.34. The Morgan fingerprint density at radius 1 is 1.18 bits per heavy atom. The molecule has 4 heteroatoms. The van der Waals surface area contributed by atoms with Gasteiger partial charge in [0.2, 0.25) is 0 Å². The number of methoxy groups -OCH3 is 2. The highest BCUT2D eigenvalue weighted by molar-refractivity contribution is 5.68. The smallest absolute Gasteiger partial charge is 0.305 e. The molecule has 4 nitrogen and oxygen atoms in total. The van der Waals surface area contributed by atoms with Crippen molar-refractivity contribution in [1.29, 1.82) is 0 Å². The van der Waals surface area contributed by atoms with Crippen LogP contribution in [0.3, 0.4) is 0 Å². The minimum absolute atomic E-state index is 0.157. The molecule has 0 aromatic rings. The Labute approximate surface area is 66.5 Å². The Hall–Kier alpha value is -1.06. The second-order valence-electron chi connectivity index (χ2n) is 1.63. The highest BCUT2D eigenvalue weighted by Crippen LogP contribution is 1.76. The first-order valence-corrected chi connectivity index (χ1v) is 3.19. The van der Waals surface area contributed by atoms with Gasteiger partial charge in [0.05, 0.1) is 14.2 Å². The van der Waals surface area contributed by atoms with Gasteiger partial charge < -0.3 is 9.47 Å². The first-order chi connectivity index (χ1) is 5.08. The molecule has 0 aliphatic heterocycles. The second kappa shape index (κ2) is 8.94. The lowest BCUT2D eigenvalue weighted by Gasteiger charge is -1.87. The molecule has 0 saturated carbocycles. The largest absolute Gasteiger partial charge is 0.469 e. The van der Waals surface area contributed by atoms with E-state index in [1.807, 2.05) is 0 Å². The summed E-state index contributed by atoms with van der Waals surface area (Å²) in [5, 5.41) is 0. The van der Waals surface area contributed by atoms with E-state index in [1.165, 1.54) is 21.1 Å². The molecule has 66 valence electrons. The number of esters is 2. The third-order valence-electron chi connectivity index (χ3n) is 0.804. The number of rotatable bonds is 1. The van der Waals surface area contributed by atoms with Crippen LogP contribution < -0.4 is 0 Å². The van der Waals surface area contributed by atoms with Gasteiger partial charge in [-0.2, -0.15) is 0 Å². The van der Waals surface area contributed by atoms with Crippen molar-refractivity contribution >= 4 is 11.9 Å². The molecule has 0 atom stereocenters. The maximum Gasteiger partial charge on any atom is 0.305 e. The third kappa shape index (κ3) is 17.6. The summed E-state index contributed by atoms with van der Waals surface area (Å²) in [6, 6.07) is 0. The van der Waals surface area contributed by atoms with Gasteiger partial charge >= 0.3 is 11.9 Å². The lowest BCUT2D eigenvalue weighted by molar-refractivity contribution is -0.140. The second-order valence-corrected chi connectivity index (χ2v) is 1.63. The van der Waals surface area contributed by atoms with Crippen LogP contribution in [0.4, 0.5) is 0 Å². The van der Waals surface area contributed by atoms with E-state index in [2.05, 4.69) is 9.47 Å². The number of carbonyl (C=O) groups is 2. The Morgan fingerprint density at radius 2 is 1.55 bits per heavy atom. The molecule has 0 aromatic heterocycles. The molecule has 0 aliphatic carbocycles. The fraction of sp³-hybridized carbons (Fsp3) is 0.714. The van der Waals surface area contributed by atoms with E-state index < -0.39 is 0 Å². The fourth-order valence-corrected chi connectivity index (χ4v) is 0.144. The monoisotopic (exact) mass is 162 g/mol. The highest BCUT2D eigenvalue weighted by atomic mass is 16.5. The number of hydrogen-bond acceptors (Lipinski definition) is 4. The van der Waals surface area contributed by atoms with E-state index in [9.17, 15) is 9.59 Å². The molecule has 0 rings (SSSR count). The van der Waals surface area contributed by atoms with Crippen LogP contribution in [-0.2, 0) is 19.1 Å². The summed E-state index contributed by atoms with van der Waals surface area (Å²) in [6.07, 6.45) is 0.469. The molecule has 0 saturated heterocycles. The Kier molecular flexibility index (Phi) is 10.2. The van der Waals surface area contributed by atoms with Crippen LogP contribution in [0.15, 0.2) is 0 Å². The lowest BCUT2D eigenvalue weighted by atomic mass is 10.5. The van der Waals surface area contributed by atoms with Crippen molar-refractivity contribution in [3.8, 4) is 0 Å². The number of hydrogen-bond donors (Lipinski definition) is 0. The van der Waals surface area contributed by atoms with E-state index in [0.29, 0.717) is 6.42 Å². The van der Waals surface area contributed by atoms with E-state index in [1.54, 1.807) is 6.92 Å². The molecule has 0 amide bonds. The first-order valence-electron chi connectivity index (χ1n) is 3.19. The SMILES string of the molecule is CCC(=O)OC.COC(C)=O. The zero-order valence-corrected chi connectivity index (χ0v) is 7.34. The molecule has 0 heterocycles. The average molecular weight is 162 g/mol. The maximum atomic E-state index is 9.96. The Bertz CT molecular complexity index is 114. The van der Waals surface area contributed by atoms with Crippen LogP contribution in [0.5, 0.6) is 0 Å². The van der Waals surface area contributed by atoms with E-state index >= 15 is 0 Å². The van der Waals surface area contributed by atoms with Crippen molar-refractivity contribution in [3.05, 3.63) is 0 Å². The van der Waals surface area contributed by atoms with E-state index in [-0.39, 0.29) is 11.9 Å². The number of ether oxygens (including phenoxy) is 2. The summed E-state index contributed by atoms with van der Waals surface area (Å²) in [5.74, 6) is -0.403. The van der Waals surface area contributed by atoms with Gasteiger partial charge in [0.15, 0.2) is 0 Å². The fourth-order valence-electron chi connectivity index (χ4n) is 0.144. The molecule has 0 fully saturated rings. The average Bonchev–Trinajstić information content (AvgIpc) is 2.04. The summed E-state index contributed by atoms with van der Waals surface area (Å²) in [5.41, 5.74) is 0. The van der Waals surface area contributed by atoms with Gasteiger partial charge in [-0.1, -0.05) is 6.92 Å². The third-order valence-corrected chi connectivity index (χ3v) is 0.804. The van der Waals surface area contributed by atoms with Crippen molar-refractivity contribution in [2.24, 2.45) is 0 Å². The van der Waals surface area contributed by atoms with Gasteiger partial charge in [-0.15, -0.1) is 0 Å². The molecule has 0 radical (unpaired) electrons. The predicted molar refractivity (Wildman–Crippen MR) is 40.0 cm³/mol. The van der Waals surface area contributed by atoms with Gasteiger partial charge in [-0.25, -0.2) is 0 Å². The van der Waals surface area contributed by atoms with E-state index in [4.69, 9.17) is 0 Å². The molecule has 0 aromatic carbocycles.